The Morgan fingerprint density at radius 2 is 1.67 bits per heavy atom. The molecule has 94 valence electrons. The lowest BCUT2D eigenvalue weighted by atomic mass is 10.2. The van der Waals surface area contributed by atoms with Crippen LogP contribution in [0.2, 0.25) is 0 Å². The van der Waals surface area contributed by atoms with Gasteiger partial charge in [-0.25, -0.2) is 0 Å². The lowest BCUT2D eigenvalue weighted by molar-refractivity contribution is 0.305. The average Bonchev–Trinajstić information content (AvgIpc) is 2.39. The Hall–Kier alpha value is -1.48. The molecule has 0 atom stereocenters. The average molecular weight is 307 g/mol. The van der Waals surface area contributed by atoms with E-state index in [9.17, 15) is 0 Å². The molecular formula is C15H15BrO2. The van der Waals surface area contributed by atoms with Crippen molar-refractivity contribution in [1.82, 2.24) is 0 Å². The van der Waals surface area contributed by atoms with E-state index in [4.69, 9.17) is 9.47 Å². The molecule has 0 aliphatic rings. The fourth-order valence-corrected chi connectivity index (χ4v) is 2.04. The van der Waals surface area contributed by atoms with E-state index < -0.39 is 0 Å². The molecule has 0 unspecified atom stereocenters. The summed E-state index contributed by atoms with van der Waals surface area (Å²) in [5.74, 6) is 1.71. The Balaban J connectivity index is 2.04. The van der Waals surface area contributed by atoms with E-state index in [1.54, 1.807) is 7.11 Å². The molecule has 2 nitrogen and oxygen atoms in total. The van der Waals surface area contributed by atoms with Gasteiger partial charge in [0, 0.05) is 10.0 Å². The Morgan fingerprint density at radius 1 is 1.00 bits per heavy atom. The zero-order chi connectivity index (χ0) is 13.0. The van der Waals surface area contributed by atoms with E-state index in [0.717, 1.165) is 21.5 Å². The summed E-state index contributed by atoms with van der Waals surface area (Å²) in [6.07, 6.45) is 0. The number of halogens is 1. The molecule has 0 amide bonds. The second kappa shape index (κ2) is 5.91. The number of hydrogen-bond acceptors (Lipinski definition) is 2. The first-order chi connectivity index (χ1) is 8.69. The number of methoxy groups -OCH3 is 1. The van der Waals surface area contributed by atoms with Crippen LogP contribution in [0.25, 0.3) is 0 Å². The summed E-state index contributed by atoms with van der Waals surface area (Å²) >= 11 is 3.51. The largest absolute Gasteiger partial charge is 0.497 e. The summed E-state index contributed by atoms with van der Waals surface area (Å²) in [6, 6.07) is 13.9. The quantitative estimate of drug-likeness (QED) is 0.836. The highest BCUT2D eigenvalue weighted by Crippen LogP contribution is 2.24. The second-order valence-electron chi connectivity index (χ2n) is 4.06. The lowest BCUT2D eigenvalue weighted by Crippen LogP contribution is -1.97. The standard InChI is InChI=1S/C15H15BrO2/c1-11-3-6-13(7-4-11)18-10-12-5-8-14(17-2)9-15(12)16/h3-9H,10H2,1-2H3. The molecule has 2 rings (SSSR count). The van der Waals surface area contributed by atoms with Crippen molar-refractivity contribution < 1.29 is 9.47 Å². The first kappa shape index (κ1) is 13.0. The molecule has 0 spiro atoms. The third-order valence-corrected chi connectivity index (χ3v) is 3.41. The summed E-state index contributed by atoms with van der Waals surface area (Å²) in [7, 11) is 1.66. The van der Waals surface area contributed by atoms with E-state index in [2.05, 4.69) is 22.9 Å². The fourth-order valence-electron chi connectivity index (χ4n) is 1.57. The van der Waals surface area contributed by atoms with Crippen molar-refractivity contribution in [3.05, 3.63) is 58.1 Å². The van der Waals surface area contributed by atoms with Crippen LogP contribution in [-0.2, 0) is 6.61 Å². The third kappa shape index (κ3) is 3.26. The highest BCUT2D eigenvalue weighted by atomic mass is 79.9. The van der Waals surface area contributed by atoms with Crippen LogP contribution in [0.5, 0.6) is 11.5 Å². The first-order valence-electron chi connectivity index (χ1n) is 5.71. The normalized spacial score (nSPS) is 10.2. The van der Waals surface area contributed by atoms with E-state index in [1.165, 1.54) is 5.56 Å². The van der Waals surface area contributed by atoms with Crippen LogP contribution < -0.4 is 9.47 Å². The van der Waals surface area contributed by atoms with E-state index >= 15 is 0 Å². The maximum Gasteiger partial charge on any atom is 0.120 e. The summed E-state index contributed by atoms with van der Waals surface area (Å²) in [4.78, 5) is 0. The molecule has 0 aromatic heterocycles. The minimum absolute atomic E-state index is 0.535. The van der Waals surface area contributed by atoms with Gasteiger partial charge in [0.15, 0.2) is 0 Å². The van der Waals surface area contributed by atoms with Gasteiger partial charge in [0.05, 0.1) is 7.11 Å². The van der Waals surface area contributed by atoms with Gasteiger partial charge in [0.2, 0.25) is 0 Å². The van der Waals surface area contributed by atoms with Gasteiger partial charge in [-0.15, -0.1) is 0 Å². The molecule has 18 heavy (non-hydrogen) atoms. The van der Waals surface area contributed by atoms with Gasteiger partial charge < -0.3 is 9.47 Å². The minimum Gasteiger partial charge on any atom is -0.497 e. The zero-order valence-corrected chi connectivity index (χ0v) is 12.0. The van der Waals surface area contributed by atoms with Crippen LogP contribution >= 0.6 is 15.9 Å². The molecule has 0 aliphatic carbocycles. The molecule has 0 radical (unpaired) electrons. The number of aryl methyl sites for hydroxylation is 1. The molecule has 2 aromatic rings. The Labute approximate surface area is 116 Å². The van der Waals surface area contributed by atoms with Crippen molar-refractivity contribution in [2.24, 2.45) is 0 Å². The van der Waals surface area contributed by atoms with E-state index in [1.807, 2.05) is 42.5 Å². The van der Waals surface area contributed by atoms with Crippen LogP contribution in [0.15, 0.2) is 46.9 Å². The number of rotatable bonds is 4. The van der Waals surface area contributed by atoms with Gasteiger partial charge in [-0.3, -0.25) is 0 Å². The summed E-state index contributed by atoms with van der Waals surface area (Å²) in [5, 5.41) is 0. The van der Waals surface area contributed by atoms with Gasteiger partial charge in [-0.1, -0.05) is 39.7 Å². The van der Waals surface area contributed by atoms with Gasteiger partial charge >= 0.3 is 0 Å². The Kier molecular flexibility index (Phi) is 4.26. The van der Waals surface area contributed by atoms with E-state index in [0.29, 0.717) is 6.61 Å². The van der Waals surface area contributed by atoms with Crippen LogP contribution in [0.3, 0.4) is 0 Å². The highest BCUT2D eigenvalue weighted by Gasteiger charge is 2.03. The molecular weight excluding hydrogens is 292 g/mol. The minimum atomic E-state index is 0.535. The van der Waals surface area contributed by atoms with Crippen LogP contribution in [0.1, 0.15) is 11.1 Å². The number of ether oxygens (including phenoxy) is 2. The van der Waals surface area contributed by atoms with Crippen LogP contribution in [-0.4, -0.2) is 7.11 Å². The van der Waals surface area contributed by atoms with E-state index in [-0.39, 0.29) is 0 Å². The SMILES string of the molecule is COc1ccc(COc2ccc(C)cc2)c(Br)c1. The maximum atomic E-state index is 5.73. The number of benzene rings is 2. The first-order valence-corrected chi connectivity index (χ1v) is 6.50. The fraction of sp³-hybridized carbons (Fsp3) is 0.200. The van der Waals surface area contributed by atoms with Gasteiger partial charge in [-0.2, -0.15) is 0 Å². The Bertz CT molecular complexity index is 521. The van der Waals surface area contributed by atoms with Gasteiger partial charge in [0.25, 0.3) is 0 Å². The third-order valence-electron chi connectivity index (χ3n) is 2.68. The number of hydrogen-bond donors (Lipinski definition) is 0. The van der Waals surface area contributed by atoms with Crippen molar-refractivity contribution in [1.29, 1.82) is 0 Å². The molecule has 2 aromatic carbocycles. The van der Waals surface area contributed by atoms with Crippen LogP contribution in [0.4, 0.5) is 0 Å². The predicted molar refractivity (Wildman–Crippen MR) is 76.2 cm³/mol. The van der Waals surface area contributed by atoms with Gasteiger partial charge in [-0.05, 0) is 31.2 Å². The lowest BCUT2D eigenvalue weighted by Gasteiger charge is -2.09. The monoisotopic (exact) mass is 306 g/mol. The summed E-state index contributed by atoms with van der Waals surface area (Å²) in [6.45, 7) is 2.59. The molecule has 0 saturated heterocycles. The zero-order valence-electron chi connectivity index (χ0n) is 10.4. The highest BCUT2D eigenvalue weighted by molar-refractivity contribution is 9.10. The molecule has 0 N–H and O–H groups in total. The Morgan fingerprint density at radius 3 is 2.28 bits per heavy atom. The second-order valence-corrected chi connectivity index (χ2v) is 4.91. The topological polar surface area (TPSA) is 18.5 Å². The molecule has 0 aliphatic heterocycles. The molecule has 0 fully saturated rings. The van der Waals surface area contributed by atoms with Crippen molar-refractivity contribution in [3.8, 4) is 11.5 Å². The van der Waals surface area contributed by atoms with Crippen molar-refractivity contribution >= 4 is 15.9 Å². The van der Waals surface area contributed by atoms with Gasteiger partial charge in [0.1, 0.15) is 18.1 Å². The van der Waals surface area contributed by atoms with Crippen molar-refractivity contribution in [2.45, 2.75) is 13.5 Å². The van der Waals surface area contributed by atoms with Crippen LogP contribution in [0, 0.1) is 6.92 Å². The molecule has 3 heteroatoms. The van der Waals surface area contributed by atoms with Crippen molar-refractivity contribution in [2.75, 3.05) is 7.11 Å². The summed E-state index contributed by atoms with van der Waals surface area (Å²) < 4.78 is 11.9. The summed E-state index contributed by atoms with van der Waals surface area (Å²) in [5.41, 5.74) is 2.32. The predicted octanol–water partition coefficient (Wildman–Crippen LogP) is 4.35. The smallest absolute Gasteiger partial charge is 0.120 e. The molecule has 0 saturated carbocycles. The van der Waals surface area contributed by atoms with Crippen molar-refractivity contribution in [3.63, 3.8) is 0 Å². The molecule has 0 heterocycles. The molecule has 0 bridgehead atoms. The maximum absolute atomic E-state index is 5.73.